The molecule has 1 aromatic rings. The summed E-state index contributed by atoms with van der Waals surface area (Å²) in [6, 6.07) is 3.58. The van der Waals surface area contributed by atoms with Gasteiger partial charge in [-0.25, -0.2) is 9.18 Å². The normalized spacial score (nSPS) is 12.0. The van der Waals surface area contributed by atoms with Crippen molar-refractivity contribution in [3.63, 3.8) is 0 Å². The van der Waals surface area contributed by atoms with Crippen LogP contribution in [0.3, 0.4) is 0 Å². The van der Waals surface area contributed by atoms with Gasteiger partial charge in [-0.05, 0) is 24.6 Å². The Balaban J connectivity index is 2.60. The van der Waals surface area contributed by atoms with Crippen molar-refractivity contribution in [2.24, 2.45) is 0 Å². The molecule has 2 amide bonds. The summed E-state index contributed by atoms with van der Waals surface area (Å²) in [5.41, 5.74) is 0.704. The van der Waals surface area contributed by atoms with Crippen LogP contribution in [0.15, 0.2) is 18.2 Å². The largest absolute Gasteiger partial charge is 0.395 e. The number of benzene rings is 1. The first-order valence-corrected chi connectivity index (χ1v) is 5.52. The molecule has 6 heteroatoms. The number of halogens is 2. The van der Waals surface area contributed by atoms with Crippen molar-refractivity contribution in [2.75, 3.05) is 13.2 Å². The first-order chi connectivity index (χ1) is 8.04. The highest BCUT2D eigenvalue weighted by Gasteiger charge is 2.10. The zero-order chi connectivity index (χ0) is 12.8. The van der Waals surface area contributed by atoms with Gasteiger partial charge in [-0.15, -0.1) is 0 Å². The number of aliphatic hydroxyl groups excluding tert-OH is 1. The summed E-state index contributed by atoms with van der Waals surface area (Å²) < 4.78 is 12.9. The predicted molar refractivity (Wildman–Crippen MR) is 63.4 cm³/mol. The molecule has 0 aliphatic rings. The molecular weight excluding hydrogens is 247 g/mol. The van der Waals surface area contributed by atoms with E-state index in [-0.39, 0.29) is 24.2 Å². The van der Waals surface area contributed by atoms with Crippen LogP contribution < -0.4 is 10.6 Å². The molecule has 0 aliphatic heterocycles. The smallest absolute Gasteiger partial charge is 0.315 e. The highest BCUT2D eigenvalue weighted by atomic mass is 35.5. The fourth-order valence-corrected chi connectivity index (χ4v) is 1.47. The van der Waals surface area contributed by atoms with E-state index in [1.165, 1.54) is 12.1 Å². The van der Waals surface area contributed by atoms with E-state index in [9.17, 15) is 9.18 Å². The monoisotopic (exact) mass is 260 g/mol. The summed E-state index contributed by atoms with van der Waals surface area (Å²) in [4.78, 5) is 11.3. The van der Waals surface area contributed by atoms with Crippen LogP contribution in [0.2, 0.25) is 5.02 Å². The van der Waals surface area contributed by atoms with Gasteiger partial charge in [-0.2, -0.15) is 0 Å². The third-order valence-electron chi connectivity index (χ3n) is 2.19. The number of hydrogen-bond donors (Lipinski definition) is 3. The van der Waals surface area contributed by atoms with Crippen LogP contribution in [-0.2, 0) is 0 Å². The van der Waals surface area contributed by atoms with Crippen molar-refractivity contribution in [2.45, 2.75) is 13.0 Å². The zero-order valence-corrected chi connectivity index (χ0v) is 10.1. The van der Waals surface area contributed by atoms with Crippen LogP contribution in [0, 0.1) is 5.82 Å². The van der Waals surface area contributed by atoms with E-state index in [0.717, 1.165) is 0 Å². The standard InChI is InChI=1S/C11H14ClFN2O2/c1-7(15-11(17)14-4-5-16)8-2-3-10(13)9(12)6-8/h2-3,6-7,16H,4-5H2,1H3,(H2,14,15,17). The summed E-state index contributed by atoms with van der Waals surface area (Å²) in [5.74, 6) is -0.493. The number of hydrogen-bond acceptors (Lipinski definition) is 2. The van der Waals surface area contributed by atoms with Gasteiger partial charge in [-0.3, -0.25) is 0 Å². The fraction of sp³-hybridized carbons (Fsp3) is 0.364. The maximum absolute atomic E-state index is 12.9. The Morgan fingerprint density at radius 2 is 2.29 bits per heavy atom. The van der Waals surface area contributed by atoms with Crippen molar-refractivity contribution in [3.8, 4) is 0 Å². The number of carbonyl (C=O) groups is 1. The van der Waals surface area contributed by atoms with Crippen LogP contribution in [-0.4, -0.2) is 24.3 Å². The van der Waals surface area contributed by atoms with E-state index in [2.05, 4.69) is 10.6 Å². The number of aliphatic hydroxyl groups is 1. The van der Waals surface area contributed by atoms with E-state index in [1.807, 2.05) is 0 Å². The predicted octanol–water partition coefficient (Wildman–Crippen LogP) is 1.83. The van der Waals surface area contributed by atoms with Gasteiger partial charge in [0.05, 0.1) is 17.7 Å². The number of rotatable bonds is 4. The Bertz CT molecular complexity index is 401. The van der Waals surface area contributed by atoms with E-state index in [0.29, 0.717) is 5.56 Å². The number of amides is 2. The van der Waals surface area contributed by atoms with Crippen LogP contribution >= 0.6 is 11.6 Å². The van der Waals surface area contributed by atoms with Gasteiger partial charge in [0.15, 0.2) is 0 Å². The molecule has 4 nitrogen and oxygen atoms in total. The molecule has 0 aliphatic carbocycles. The van der Waals surface area contributed by atoms with Crippen molar-refractivity contribution in [3.05, 3.63) is 34.6 Å². The Hall–Kier alpha value is -1.33. The Kier molecular flexibility index (Phi) is 5.18. The van der Waals surface area contributed by atoms with Gasteiger partial charge in [0.1, 0.15) is 5.82 Å². The number of urea groups is 1. The second-order valence-electron chi connectivity index (χ2n) is 3.52. The average molecular weight is 261 g/mol. The molecular formula is C11H14ClFN2O2. The lowest BCUT2D eigenvalue weighted by Gasteiger charge is -2.15. The molecule has 0 bridgehead atoms. The van der Waals surface area contributed by atoms with Crippen molar-refractivity contribution >= 4 is 17.6 Å². The van der Waals surface area contributed by atoms with E-state index in [1.54, 1.807) is 13.0 Å². The minimum absolute atomic E-state index is 0.0203. The first-order valence-electron chi connectivity index (χ1n) is 5.14. The van der Waals surface area contributed by atoms with Crippen LogP contribution in [0.1, 0.15) is 18.5 Å². The third kappa shape index (κ3) is 4.20. The van der Waals surface area contributed by atoms with Crippen LogP contribution in [0.5, 0.6) is 0 Å². The van der Waals surface area contributed by atoms with Gasteiger partial charge in [0, 0.05) is 6.54 Å². The minimum atomic E-state index is -0.493. The quantitative estimate of drug-likeness (QED) is 0.774. The molecule has 0 radical (unpaired) electrons. The molecule has 1 aromatic carbocycles. The van der Waals surface area contributed by atoms with Gasteiger partial charge < -0.3 is 15.7 Å². The first kappa shape index (κ1) is 13.7. The van der Waals surface area contributed by atoms with Gasteiger partial charge in [0.25, 0.3) is 0 Å². The summed E-state index contributed by atoms with van der Waals surface area (Å²) in [7, 11) is 0. The summed E-state index contributed by atoms with van der Waals surface area (Å²) in [6.45, 7) is 1.81. The highest BCUT2D eigenvalue weighted by molar-refractivity contribution is 6.30. The maximum atomic E-state index is 12.9. The fourth-order valence-electron chi connectivity index (χ4n) is 1.28. The third-order valence-corrected chi connectivity index (χ3v) is 2.48. The van der Waals surface area contributed by atoms with Crippen LogP contribution in [0.25, 0.3) is 0 Å². The van der Waals surface area contributed by atoms with Crippen molar-refractivity contribution in [1.29, 1.82) is 0 Å². The molecule has 0 spiro atoms. The number of nitrogens with one attached hydrogen (secondary N) is 2. The maximum Gasteiger partial charge on any atom is 0.315 e. The molecule has 1 unspecified atom stereocenters. The van der Waals surface area contributed by atoms with Gasteiger partial charge in [0.2, 0.25) is 0 Å². The van der Waals surface area contributed by atoms with Crippen molar-refractivity contribution in [1.82, 2.24) is 10.6 Å². The molecule has 1 atom stereocenters. The highest BCUT2D eigenvalue weighted by Crippen LogP contribution is 2.20. The van der Waals surface area contributed by atoms with E-state index in [4.69, 9.17) is 16.7 Å². The second-order valence-corrected chi connectivity index (χ2v) is 3.93. The molecule has 94 valence electrons. The average Bonchev–Trinajstić information content (AvgIpc) is 2.30. The SMILES string of the molecule is CC(NC(=O)NCCO)c1ccc(F)c(Cl)c1. The molecule has 0 aromatic heterocycles. The Labute approximate surface area is 104 Å². The lowest BCUT2D eigenvalue weighted by molar-refractivity contribution is 0.231. The topological polar surface area (TPSA) is 61.4 Å². The molecule has 0 heterocycles. The summed E-state index contributed by atoms with van der Waals surface area (Å²) in [6.07, 6.45) is 0. The molecule has 3 N–H and O–H groups in total. The summed E-state index contributed by atoms with van der Waals surface area (Å²) >= 11 is 5.64. The zero-order valence-electron chi connectivity index (χ0n) is 9.34. The van der Waals surface area contributed by atoms with Crippen LogP contribution in [0.4, 0.5) is 9.18 Å². The molecule has 0 saturated carbocycles. The molecule has 0 saturated heterocycles. The second kappa shape index (κ2) is 6.42. The number of carbonyl (C=O) groups excluding carboxylic acids is 1. The van der Waals surface area contributed by atoms with Crippen molar-refractivity contribution < 1.29 is 14.3 Å². The summed E-state index contributed by atoms with van der Waals surface area (Å²) in [5, 5.41) is 13.6. The molecule has 17 heavy (non-hydrogen) atoms. The van der Waals surface area contributed by atoms with E-state index >= 15 is 0 Å². The lowest BCUT2D eigenvalue weighted by Crippen LogP contribution is -2.38. The van der Waals surface area contributed by atoms with E-state index < -0.39 is 11.8 Å². The molecule has 1 rings (SSSR count). The van der Waals surface area contributed by atoms with Gasteiger partial charge in [-0.1, -0.05) is 17.7 Å². The molecule has 0 fully saturated rings. The Morgan fingerprint density at radius 1 is 1.59 bits per heavy atom. The Morgan fingerprint density at radius 3 is 2.88 bits per heavy atom. The lowest BCUT2D eigenvalue weighted by atomic mass is 10.1. The van der Waals surface area contributed by atoms with Gasteiger partial charge >= 0.3 is 6.03 Å². The minimum Gasteiger partial charge on any atom is -0.395 e.